The molecule has 0 aliphatic carbocycles. The summed E-state index contributed by atoms with van der Waals surface area (Å²) >= 11 is 0. The number of ether oxygens (including phenoxy) is 2. The quantitative estimate of drug-likeness (QED) is 0.775. The van der Waals surface area contributed by atoms with Crippen LogP contribution in [0.2, 0.25) is 0 Å². The molecule has 0 bridgehead atoms. The van der Waals surface area contributed by atoms with Gasteiger partial charge in [0.25, 0.3) is 0 Å². The van der Waals surface area contributed by atoms with Crippen molar-refractivity contribution in [1.29, 1.82) is 0 Å². The lowest BCUT2D eigenvalue weighted by Crippen LogP contribution is -2.24. The van der Waals surface area contributed by atoms with Crippen molar-refractivity contribution in [3.05, 3.63) is 18.2 Å². The highest BCUT2D eigenvalue weighted by Gasteiger charge is 2.36. The average molecular weight is 264 g/mol. The summed E-state index contributed by atoms with van der Waals surface area (Å²) in [6.07, 6.45) is 0. The van der Waals surface area contributed by atoms with E-state index < -0.39 is 0 Å². The molecule has 0 N–H and O–H groups in total. The van der Waals surface area contributed by atoms with Gasteiger partial charge in [-0.15, -0.1) is 0 Å². The van der Waals surface area contributed by atoms with Gasteiger partial charge < -0.3 is 14.4 Å². The molecule has 0 spiro atoms. The van der Waals surface area contributed by atoms with Crippen LogP contribution in [-0.2, 0) is 9.53 Å². The molecule has 0 amide bonds. The highest BCUT2D eigenvalue weighted by atomic mass is 16.5. The van der Waals surface area contributed by atoms with Crippen molar-refractivity contribution < 1.29 is 14.3 Å². The topological polar surface area (TPSA) is 51.7 Å². The number of aromatic nitrogens is 1. The van der Waals surface area contributed by atoms with Crippen LogP contribution in [0.4, 0.5) is 5.82 Å². The van der Waals surface area contributed by atoms with Gasteiger partial charge in [-0.25, -0.2) is 0 Å². The molecular weight excluding hydrogens is 244 g/mol. The first-order valence-electron chi connectivity index (χ1n) is 6.58. The zero-order chi connectivity index (χ0) is 13.8. The van der Waals surface area contributed by atoms with Crippen molar-refractivity contribution in [2.24, 2.45) is 11.8 Å². The van der Waals surface area contributed by atoms with E-state index in [0.717, 1.165) is 12.4 Å². The molecule has 1 aliphatic heterocycles. The highest BCUT2D eigenvalue weighted by Crippen LogP contribution is 2.28. The molecule has 2 rings (SSSR count). The molecule has 104 valence electrons. The van der Waals surface area contributed by atoms with Gasteiger partial charge in [0.15, 0.2) is 0 Å². The normalized spacial score (nSPS) is 22.4. The molecule has 0 aromatic carbocycles. The minimum Gasteiger partial charge on any atom is -0.478 e. The summed E-state index contributed by atoms with van der Waals surface area (Å²) in [7, 11) is 1.44. The lowest BCUT2D eigenvalue weighted by Gasteiger charge is -2.17. The summed E-state index contributed by atoms with van der Waals surface area (Å²) in [5.41, 5.74) is 0. The lowest BCUT2D eigenvalue weighted by atomic mass is 9.99. The molecule has 2 unspecified atom stereocenters. The second-order valence-electron chi connectivity index (χ2n) is 4.78. The van der Waals surface area contributed by atoms with E-state index in [1.165, 1.54) is 7.11 Å². The highest BCUT2D eigenvalue weighted by molar-refractivity contribution is 5.74. The predicted octanol–water partition coefficient (Wildman–Crippen LogP) is 1.73. The van der Waals surface area contributed by atoms with Crippen molar-refractivity contribution in [2.75, 3.05) is 31.7 Å². The third kappa shape index (κ3) is 2.97. The van der Waals surface area contributed by atoms with Crippen molar-refractivity contribution in [3.63, 3.8) is 0 Å². The Morgan fingerprint density at radius 1 is 1.47 bits per heavy atom. The first-order chi connectivity index (χ1) is 9.15. The van der Waals surface area contributed by atoms with E-state index in [4.69, 9.17) is 9.47 Å². The fourth-order valence-electron chi connectivity index (χ4n) is 2.42. The molecule has 5 heteroatoms. The van der Waals surface area contributed by atoms with E-state index in [1.54, 1.807) is 0 Å². The number of methoxy groups -OCH3 is 1. The van der Waals surface area contributed by atoms with E-state index in [2.05, 4.69) is 16.8 Å². The lowest BCUT2D eigenvalue weighted by molar-refractivity contribution is -0.145. The summed E-state index contributed by atoms with van der Waals surface area (Å²) in [6, 6.07) is 5.70. The zero-order valence-corrected chi connectivity index (χ0v) is 11.6. The van der Waals surface area contributed by atoms with Gasteiger partial charge in [0.2, 0.25) is 5.88 Å². The maximum absolute atomic E-state index is 11.7. The number of pyridine rings is 1. The van der Waals surface area contributed by atoms with Gasteiger partial charge in [0.1, 0.15) is 5.82 Å². The molecular formula is C14H20N2O3. The van der Waals surface area contributed by atoms with E-state index in [-0.39, 0.29) is 17.8 Å². The summed E-state index contributed by atoms with van der Waals surface area (Å²) < 4.78 is 10.2. The number of rotatable bonds is 4. The Morgan fingerprint density at radius 3 is 2.95 bits per heavy atom. The van der Waals surface area contributed by atoms with Crippen molar-refractivity contribution in [3.8, 4) is 5.88 Å². The molecule has 0 saturated carbocycles. The first-order valence-corrected chi connectivity index (χ1v) is 6.58. The van der Waals surface area contributed by atoms with Crippen LogP contribution < -0.4 is 9.64 Å². The van der Waals surface area contributed by atoms with Crippen LogP contribution in [0.15, 0.2) is 18.2 Å². The Labute approximate surface area is 113 Å². The summed E-state index contributed by atoms with van der Waals surface area (Å²) in [5.74, 6) is 1.52. The molecule has 1 aliphatic rings. The van der Waals surface area contributed by atoms with Gasteiger partial charge in [-0.3, -0.25) is 4.79 Å². The average Bonchev–Trinajstić information content (AvgIpc) is 2.81. The second-order valence-corrected chi connectivity index (χ2v) is 4.78. The SMILES string of the molecule is CCOc1cccc(N2CC(C)C(C(=O)OC)C2)n1. The number of hydrogen-bond donors (Lipinski definition) is 0. The molecule has 1 saturated heterocycles. The zero-order valence-electron chi connectivity index (χ0n) is 11.6. The van der Waals surface area contributed by atoms with E-state index in [9.17, 15) is 4.79 Å². The number of carbonyl (C=O) groups excluding carboxylic acids is 1. The summed E-state index contributed by atoms with van der Waals surface area (Å²) in [4.78, 5) is 18.2. The smallest absolute Gasteiger partial charge is 0.310 e. The largest absolute Gasteiger partial charge is 0.478 e. The molecule has 1 aromatic heterocycles. The number of nitrogens with zero attached hydrogens (tertiary/aromatic N) is 2. The van der Waals surface area contributed by atoms with E-state index >= 15 is 0 Å². The molecule has 0 radical (unpaired) electrons. The van der Waals surface area contributed by atoms with Crippen molar-refractivity contribution in [2.45, 2.75) is 13.8 Å². The molecule has 5 nitrogen and oxygen atoms in total. The predicted molar refractivity (Wildman–Crippen MR) is 72.3 cm³/mol. The van der Waals surface area contributed by atoms with Crippen LogP contribution in [0.25, 0.3) is 0 Å². The number of anilines is 1. The number of hydrogen-bond acceptors (Lipinski definition) is 5. The van der Waals surface area contributed by atoms with Gasteiger partial charge in [0, 0.05) is 19.2 Å². The first kappa shape index (κ1) is 13.6. The Balaban J connectivity index is 2.11. The molecule has 2 heterocycles. The van der Waals surface area contributed by atoms with Crippen molar-refractivity contribution >= 4 is 11.8 Å². The molecule has 2 atom stereocenters. The summed E-state index contributed by atoms with van der Waals surface area (Å²) in [5, 5.41) is 0. The van der Waals surface area contributed by atoms with Crippen LogP contribution in [0.1, 0.15) is 13.8 Å². The number of esters is 1. The fourth-order valence-corrected chi connectivity index (χ4v) is 2.42. The minimum atomic E-state index is -0.143. The maximum Gasteiger partial charge on any atom is 0.310 e. The van der Waals surface area contributed by atoms with Crippen LogP contribution in [0.3, 0.4) is 0 Å². The van der Waals surface area contributed by atoms with Gasteiger partial charge in [-0.2, -0.15) is 4.98 Å². The van der Waals surface area contributed by atoms with E-state index in [1.807, 2.05) is 25.1 Å². The minimum absolute atomic E-state index is 0.0810. The van der Waals surface area contributed by atoms with Crippen LogP contribution in [-0.4, -0.2) is 37.8 Å². The van der Waals surface area contributed by atoms with Gasteiger partial charge in [-0.1, -0.05) is 13.0 Å². The maximum atomic E-state index is 11.7. The molecule has 19 heavy (non-hydrogen) atoms. The Hall–Kier alpha value is -1.78. The second kappa shape index (κ2) is 5.91. The fraction of sp³-hybridized carbons (Fsp3) is 0.571. The summed E-state index contributed by atoms with van der Waals surface area (Å²) in [6.45, 7) is 6.05. The molecule has 1 aromatic rings. The van der Waals surface area contributed by atoms with Gasteiger partial charge >= 0.3 is 5.97 Å². The Bertz CT molecular complexity index is 450. The van der Waals surface area contributed by atoms with Crippen LogP contribution in [0, 0.1) is 11.8 Å². The third-order valence-corrected chi connectivity index (χ3v) is 3.44. The molecule has 1 fully saturated rings. The van der Waals surface area contributed by atoms with Crippen LogP contribution >= 0.6 is 0 Å². The van der Waals surface area contributed by atoms with E-state index in [0.29, 0.717) is 19.0 Å². The van der Waals surface area contributed by atoms with Gasteiger partial charge in [0.05, 0.1) is 19.6 Å². The van der Waals surface area contributed by atoms with Crippen LogP contribution in [0.5, 0.6) is 5.88 Å². The Kier molecular flexibility index (Phi) is 4.24. The van der Waals surface area contributed by atoms with Crippen molar-refractivity contribution in [1.82, 2.24) is 4.98 Å². The Morgan fingerprint density at radius 2 is 2.26 bits per heavy atom. The van der Waals surface area contributed by atoms with Gasteiger partial charge in [-0.05, 0) is 18.9 Å². The number of carbonyl (C=O) groups is 1. The third-order valence-electron chi connectivity index (χ3n) is 3.44. The monoisotopic (exact) mass is 264 g/mol. The standard InChI is InChI=1S/C14H20N2O3/c1-4-19-13-7-5-6-12(15-13)16-8-10(2)11(9-16)14(17)18-3/h5-7,10-11H,4,8-9H2,1-3H3.